The first-order valence-corrected chi connectivity index (χ1v) is 8.58. The Bertz CT molecular complexity index is 702. The van der Waals surface area contributed by atoms with E-state index in [4.69, 9.17) is 12.2 Å². The third-order valence-electron chi connectivity index (χ3n) is 3.43. The Morgan fingerprint density at radius 2 is 2.00 bits per heavy atom. The van der Waals surface area contributed by atoms with Crippen LogP contribution < -0.4 is 5.11 Å². The minimum atomic E-state index is -1.07. The number of rotatable bonds is 7. The largest absolute Gasteiger partial charge is 0.550 e. The van der Waals surface area contributed by atoms with E-state index < -0.39 is 5.97 Å². The second-order valence-corrected chi connectivity index (χ2v) is 6.94. The van der Waals surface area contributed by atoms with E-state index in [1.165, 1.54) is 28.8 Å². The number of hydrogen-bond donors (Lipinski definition) is 2. The predicted octanol–water partition coefficient (Wildman–Crippen LogP) is 1.61. The third-order valence-corrected chi connectivity index (χ3v) is 4.81. The Balaban J connectivity index is 1.96. The molecular weight excluding hydrogens is 350 g/mol. The fourth-order valence-corrected chi connectivity index (χ4v) is 3.50. The number of aliphatic carboxylic acids is 1. The molecule has 1 aromatic carbocycles. The van der Waals surface area contributed by atoms with Crippen molar-refractivity contribution in [2.75, 3.05) is 6.54 Å². The number of thioether (sulfide) groups is 1. The van der Waals surface area contributed by atoms with Crippen LogP contribution in [0.15, 0.2) is 23.1 Å². The van der Waals surface area contributed by atoms with Crippen LogP contribution in [-0.4, -0.2) is 37.9 Å². The molecule has 8 heteroatoms. The van der Waals surface area contributed by atoms with E-state index >= 15 is 0 Å². The molecule has 128 valence electrons. The highest BCUT2D eigenvalue weighted by Crippen LogP contribution is 2.34. The van der Waals surface area contributed by atoms with Gasteiger partial charge in [-0.25, -0.2) is 0 Å². The maximum absolute atomic E-state index is 12.4. The number of carboxylic acids is 1. The first-order valence-electron chi connectivity index (χ1n) is 7.35. The predicted molar refractivity (Wildman–Crippen MR) is 93.1 cm³/mol. The Morgan fingerprint density at radius 3 is 2.67 bits per heavy atom. The molecule has 0 bridgehead atoms. The van der Waals surface area contributed by atoms with Gasteiger partial charge in [0, 0.05) is 12.5 Å². The second-order valence-electron chi connectivity index (χ2n) is 5.26. The van der Waals surface area contributed by atoms with Gasteiger partial charge in [-0.1, -0.05) is 36.5 Å². The summed E-state index contributed by atoms with van der Waals surface area (Å²) in [6.07, 6.45) is 3.47. The lowest BCUT2D eigenvalue weighted by Crippen LogP contribution is -2.29. The first kappa shape index (κ1) is 18.3. The standard InChI is InChI=1S/C16H17NO5S2/c18-11-6-5-10(8-12(11)19)9-13-15(22)17(16(23)24-13)7-3-1-2-4-14(20)21/h5-6,8-9,18-19H,1-4,7H2,(H,20,21)/p-1/b13-9+. The summed E-state index contributed by atoms with van der Waals surface area (Å²) in [6, 6.07) is 4.29. The highest BCUT2D eigenvalue weighted by Gasteiger charge is 2.31. The van der Waals surface area contributed by atoms with Gasteiger partial charge < -0.3 is 20.1 Å². The fourth-order valence-electron chi connectivity index (χ4n) is 2.19. The van der Waals surface area contributed by atoms with E-state index in [0.29, 0.717) is 40.6 Å². The number of aromatic hydroxyl groups is 2. The zero-order valence-corrected chi connectivity index (χ0v) is 14.4. The molecule has 2 N–H and O–H groups in total. The third kappa shape index (κ3) is 4.72. The van der Waals surface area contributed by atoms with Gasteiger partial charge >= 0.3 is 0 Å². The molecule has 1 saturated heterocycles. The summed E-state index contributed by atoms with van der Waals surface area (Å²) in [5.74, 6) is -1.76. The van der Waals surface area contributed by atoms with Crippen molar-refractivity contribution in [3.8, 4) is 11.5 Å². The van der Waals surface area contributed by atoms with Crippen molar-refractivity contribution in [3.63, 3.8) is 0 Å². The summed E-state index contributed by atoms with van der Waals surface area (Å²) in [4.78, 5) is 24.7. The molecule has 0 atom stereocenters. The van der Waals surface area contributed by atoms with Crippen LogP contribution in [0.25, 0.3) is 6.08 Å². The number of carbonyl (C=O) groups excluding carboxylic acids is 2. The van der Waals surface area contributed by atoms with Crippen LogP contribution in [-0.2, 0) is 9.59 Å². The van der Waals surface area contributed by atoms with Gasteiger partial charge in [-0.05, 0) is 43.0 Å². The van der Waals surface area contributed by atoms with E-state index in [0.717, 1.165) is 0 Å². The number of thiocarbonyl (C=S) groups is 1. The lowest BCUT2D eigenvalue weighted by Gasteiger charge is -2.14. The van der Waals surface area contributed by atoms with Gasteiger partial charge in [0.1, 0.15) is 4.32 Å². The zero-order chi connectivity index (χ0) is 17.7. The number of amides is 1. The molecule has 1 aliphatic heterocycles. The Morgan fingerprint density at radius 1 is 1.25 bits per heavy atom. The van der Waals surface area contributed by atoms with Gasteiger partial charge in [-0.15, -0.1) is 0 Å². The van der Waals surface area contributed by atoms with Crippen molar-refractivity contribution >= 4 is 46.3 Å². The SMILES string of the molecule is O=C([O-])CCCCCN1C(=O)/C(=C\c2ccc(O)c(O)c2)SC1=S. The number of carbonyl (C=O) groups is 2. The van der Waals surface area contributed by atoms with E-state index in [2.05, 4.69) is 0 Å². The van der Waals surface area contributed by atoms with E-state index in [1.54, 1.807) is 12.1 Å². The smallest absolute Gasteiger partial charge is 0.266 e. The molecule has 0 unspecified atom stereocenters. The first-order chi connectivity index (χ1) is 11.4. The van der Waals surface area contributed by atoms with Crippen LogP contribution in [0, 0.1) is 0 Å². The van der Waals surface area contributed by atoms with Crippen molar-refractivity contribution in [1.82, 2.24) is 4.90 Å². The van der Waals surface area contributed by atoms with Gasteiger partial charge in [0.25, 0.3) is 5.91 Å². The number of hydrogen-bond acceptors (Lipinski definition) is 7. The molecule has 1 heterocycles. The van der Waals surface area contributed by atoms with E-state index in [-0.39, 0.29) is 23.8 Å². The lowest BCUT2D eigenvalue weighted by molar-refractivity contribution is -0.305. The molecule has 0 saturated carbocycles. The van der Waals surface area contributed by atoms with Crippen LogP contribution in [0.4, 0.5) is 0 Å². The number of unbranched alkanes of at least 4 members (excludes halogenated alkanes) is 2. The number of nitrogens with zero attached hydrogens (tertiary/aromatic N) is 1. The highest BCUT2D eigenvalue weighted by molar-refractivity contribution is 8.26. The Kier molecular flexibility index (Phi) is 6.22. The average molecular weight is 366 g/mol. The van der Waals surface area contributed by atoms with E-state index in [9.17, 15) is 24.9 Å². The maximum Gasteiger partial charge on any atom is 0.266 e. The summed E-state index contributed by atoms with van der Waals surface area (Å²) < 4.78 is 0.453. The van der Waals surface area contributed by atoms with Gasteiger partial charge in [-0.3, -0.25) is 9.69 Å². The number of phenols is 2. The molecule has 0 aromatic heterocycles. The molecular formula is C16H16NO5S2-. The van der Waals surface area contributed by atoms with Crippen LogP contribution in [0.5, 0.6) is 11.5 Å². The minimum absolute atomic E-state index is 0.0165. The van der Waals surface area contributed by atoms with Crippen LogP contribution >= 0.6 is 24.0 Å². The van der Waals surface area contributed by atoms with E-state index in [1.807, 2.05) is 0 Å². The molecule has 0 radical (unpaired) electrons. The average Bonchev–Trinajstić information content (AvgIpc) is 2.77. The number of carboxylic acid groups (broad SMARTS) is 1. The van der Waals surface area contributed by atoms with Gasteiger partial charge in [0.2, 0.25) is 0 Å². The maximum atomic E-state index is 12.4. The molecule has 1 aliphatic rings. The van der Waals surface area contributed by atoms with Crippen LogP contribution in [0.3, 0.4) is 0 Å². The van der Waals surface area contributed by atoms with Gasteiger partial charge in [-0.2, -0.15) is 0 Å². The Hall–Kier alpha value is -2.06. The summed E-state index contributed by atoms with van der Waals surface area (Å²) >= 11 is 6.39. The normalized spacial score (nSPS) is 16.2. The topological polar surface area (TPSA) is 101 Å². The lowest BCUT2D eigenvalue weighted by atomic mass is 10.1. The number of phenolic OH excluding ortho intramolecular Hbond substituents is 2. The molecule has 2 rings (SSSR count). The van der Waals surface area contributed by atoms with Gasteiger partial charge in [0.15, 0.2) is 11.5 Å². The molecule has 24 heavy (non-hydrogen) atoms. The highest BCUT2D eigenvalue weighted by atomic mass is 32.2. The molecule has 0 aliphatic carbocycles. The summed E-state index contributed by atoms with van der Waals surface area (Å²) in [5, 5.41) is 29.1. The Labute approximate surface area is 148 Å². The van der Waals surface area contributed by atoms with Crippen molar-refractivity contribution in [1.29, 1.82) is 0 Å². The van der Waals surface area contributed by atoms with Crippen molar-refractivity contribution in [2.24, 2.45) is 0 Å². The zero-order valence-electron chi connectivity index (χ0n) is 12.7. The minimum Gasteiger partial charge on any atom is -0.550 e. The van der Waals surface area contributed by atoms with Crippen molar-refractivity contribution in [2.45, 2.75) is 25.7 Å². The summed E-state index contributed by atoms with van der Waals surface area (Å²) in [7, 11) is 0. The molecule has 0 spiro atoms. The number of benzene rings is 1. The molecule has 1 amide bonds. The quantitative estimate of drug-likeness (QED) is 0.327. The molecule has 6 nitrogen and oxygen atoms in total. The second kappa shape index (κ2) is 8.16. The summed E-state index contributed by atoms with van der Waals surface area (Å²) in [6.45, 7) is 0.440. The van der Waals surface area contributed by atoms with Gasteiger partial charge in [0.05, 0.1) is 4.91 Å². The van der Waals surface area contributed by atoms with Crippen LogP contribution in [0.1, 0.15) is 31.2 Å². The monoisotopic (exact) mass is 366 g/mol. The van der Waals surface area contributed by atoms with Crippen LogP contribution in [0.2, 0.25) is 0 Å². The fraction of sp³-hybridized carbons (Fsp3) is 0.312. The van der Waals surface area contributed by atoms with Crippen molar-refractivity contribution < 1.29 is 24.9 Å². The molecule has 1 aromatic rings. The summed E-state index contributed by atoms with van der Waals surface area (Å²) in [5.41, 5.74) is 0.583. The van der Waals surface area contributed by atoms with Crippen molar-refractivity contribution in [3.05, 3.63) is 28.7 Å². The molecule has 1 fully saturated rings.